The standard InChI is InChI=1S/C66H103NO27S2/c1-40(16-10-9-14-30-84-56(74)18-12-8-11-17-55(73)67-37-46(68)34-50(70)60(94-96(81,82)83)51(71)39-87-95(78,79)80)38-85-62(76)63(7,77)36-48-21-22-54(72)66(90-48)35-41(2)32-53(91-66)42(3)19-20-47-24-28-65(89-47)29-25-52-61(93-65)57(75)45(6)59(88-52)49(69)33-44(5)58-43(4)23-27-64(92-58)26-13-15-31-86-64/h8-10,12,16,19-20,35,42-44,46-54,57-61,68-72,75,77H,6,11,13-15,17-18,21-34,36-39H2,1-5,7H3,(H,67,73)(H,78,79,80)(H,81,82,83)/b10-9+,12-8+,20-19+,40-16+/t42?,43?,44-,46?,47-,48-,49?,50?,51?,52?,53-,54?,57?,58?,59-,60?,61?,63+,64-,65?,66?/m0/s1. The molecule has 28 nitrogen and oxygen atoms in total. The molecule has 7 aliphatic heterocycles. The molecule has 21 atom stereocenters. The summed E-state index contributed by atoms with van der Waals surface area (Å²) in [6, 6.07) is 0. The highest BCUT2D eigenvalue weighted by atomic mass is 32.3. The number of hydrogen-bond acceptors (Lipinski definition) is 25. The van der Waals surface area contributed by atoms with Crippen LogP contribution in [0.1, 0.15) is 164 Å². The Bertz CT molecular complexity index is 2980. The van der Waals surface area contributed by atoms with E-state index in [4.69, 9.17) is 51.7 Å². The van der Waals surface area contributed by atoms with Crippen molar-refractivity contribution in [2.75, 3.05) is 33.0 Å². The van der Waals surface area contributed by atoms with Crippen molar-refractivity contribution in [1.82, 2.24) is 5.32 Å². The summed E-state index contributed by atoms with van der Waals surface area (Å²) < 4.78 is 126. The monoisotopic (exact) mass is 1410 g/mol. The number of nitrogens with one attached hydrogen (secondary N) is 1. The van der Waals surface area contributed by atoms with E-state index in [1.807, 2.05) is 26.0 Å². The lowest BCUT2D eigenvalue weighted by Crippen LogP contribution is -2.60. The lowest BCUT2D eigenvalue weighted by molar-refractivity contribution is -0.321. The second-order valence-electron chi connectivity index (χ2n) is 27.3. The zero-order valence-electron chi connectivity index (χ0n) is 55.8. The van der Waals surface area contributed by atoms with Crippen molar-refractivity contribution in [1.29, 1.82) is 0 Å². The third-order valence-electron chi connectivity index (χ3n) is 18.9. The van der Waals surface area contributed by atoms with Gasteiger partial charge in [-0.25, -0.2) is 13.2 Å². The molecule has 0 aromatic carbocycles. The molecule has 7 rings (SSSR count). The summed E-state index contributed by atoms with van der Waals surface area (Å²) in [6.07, 6.45) is 7.99. The lowest BCUT2D eigenvalue weighted by Gasteiger charge is -2.50. The fourth-order valence-electron chi connectivity index (χ4n) is 13.7. The maximum atomic E-state index is 13.3. The Hall–Kier alpha value is -3.97. The molecule has 3 spiro atoms. The minimum atomic E-state index is -5.30. The van der Waals surface area contributed by atoms with Crippen molar-refractivity contribution in [3.63, 3.8) is 0 Å². The Morgan fingerprint density at radius 1 is 0.865 bits per heavy atom. The topological polar surface area (TPSA) is 415 Å². The van der Waals surface area contributed by atoms with Gasteiger partial charge in [0.2, 0.25) is 11.7 Å². The number of fused-ring (bicyclic) bond motifs is 1. The van der Waals surface area contributed by atoms with Crippen molar-refractivity contribution in [3.8, 4) is 0 Å². The molecular formula is C66H103NO27S2. The number of amides is 1. The van der Waals surface area contributed by atoms with Crippen molar-refractivity contribution in [2.45, 2.75) is 272 Å². The lowest BCUT2D eigenvalue weighted by atomic mass is 9.79. The molecule has 10 N–H and O–H groups in total. The quantitative estimate of drug-likeness (QED) is 0.0146. The maximum absolute atomic E-state index is 13.3. The van der Waals surface area contributed by atoms with Crippen LogP contribution in [0.4, 0.5) is 0 Å². The first-order valence-corrected chi connectivity index (χ1v) is 36.2. The Morgan fingerprint density at radius 3 is 2.32 bits per heavy atom. The molecule has 0 bridgehead atoms. The molecule has 6 saturated heterocycles. The first-order chi connectivity index (χ1) is 45.1. The minimum Gasteiger partial charge on any atom is -0.465 e. The molecule has 14 unspecified atom stereocenters. The summed E-state index contributed by atoms with van der Waals surface area (Å²) in [6.45, 7) is 14.5. The molecule has 0 aliphatic carbocycles. The number of ether oxygens (including phenoxy) is 9. The fourth-order valence-corrected chi connectivity index (χ4v) is 14.5. The molecule has 7 heterocycles. The zero-order valence-corrected chi connectivity index (χ0v) is 57.4. The summed E-state index contributed by atoms with van der Waals surface area (Å²) >= 11 is 0. The van der Waals surface area contributed by atoms with E-state index in [-0.39, 0.29) is 69.4 Å². The molecule has 96 heavy (non-hydrogen) atoms. The third kappa shape index (κ3) is 23.3. The van der Waals surface area contributed by atoms with Crippen molar-refractivity contribution in [2.24, 2.45) is 17.8 Å². The maximum Gasteiger partial charge on any atom is 0.397 e. The second-order valence-corrected chi connectivity index (χ2v) is 29.5. The number of hydrogen-bond donors (Lipinski definition) is 10. The Balaban J connectivity index is 0.770. The van der Waals surface area contributed by atoms with Gasteiger partial charge in [-0.3, -0.25) is 18.7 Å². The van der Waals surface area contributed by atoms with Crippen LogP contribution in [0.2, 0.25) is 0 Å². The Kier molecular flexibility index (Phi) is 29.0. The molecule has 7 aliphatic rings. The fraction of sp³-hybridized carbons (Fsp3) is 0.773. The first kappa shape index (κ1) is 79.4. The van der Waals surface area contributed by atoms with E-state index < -0.39 is 154 Å². The SMILES string of the molecule is C=C1C(O)C2OC3(CCC2O[C@@H]1C(O)C[C@H](C)C1O[C@@]2(CCCCO2)CCC1C)CC[C@H](/C=C/C(C)[C@@H]1CC(C)=CC2(O[C@H](C[C@@](C)(O)C(=O)OC/C(C)=C/C=C/CCOC(=O)C/C=C/CCC(=O)NCC(O)CC(O)C(OS(=O)(=O)O)C(O)COS(=O)(=O)O)CCC2O)O1)O3. The predicted octanol–water partition coefficient (Wildman–Crippen LogP) is 4.43. The predicted molar refractivity (Wildman–Crippen MR) is 342 cm³/mol. The van der Waals surface area contributed by atoms with E-state index in [2.05, 4.69) is 34.1 Å². The van der Waals surface area contributed by atoms with Gasteiger partial charge in [0.15, 0.2) is 17.2 Å². The van der Waals surface area contributed by atoms with Crippen LogP contribution in [-0.2, 0) is 86.2 Å². The summed E-state index contributed by atoms with van der Waals surface area (Å²) in [7, 11) is -10.4. The summed E-state index contributed by atoms with van der Waals surface area (Å²) in [5.74, 6) is -4.77. The number of aliphatic hydroxyl groups excluding tert-OH is 6. The average molecular weight is 1410 g/mol. The smallest absolute Gasteiger partial charge is 0.397 e. The van der Waals surface area contributed by atoms with Gasteiger partial charge in [-0.15, -0.1) is 0 Å². The van der Waals surface area contributed by atoms with Gasteiger partial charge in [-0.2, -0.15) is 16.8 Å². The molecule has 0 radical (unpaired) electrons. The van der Waals surface area contributed by atoms with Gasteiger partial charge in [0.05, 0.1) is 75.1 Å². The van der Waals surface area contributed by atoms with Crippen LogP contribution < -0.4 is 5.32 Å². The van der Waals surface area contributed by atoms with Gasteiger partial charge >= 0.3 is 32.7 Å². The van der Waals surface area contributed by atoms with Crippen molar-refractivity contribution in [3.05, 3.63) is 71.9 Å². The van der Waals surface area contributed by atoms with Crippen molar-refractivity contribution < 1.29 is 127 Å². The summed E-state index contributed by atoms with van der Waals surface area (Å²) in [4.78, 5) is 37.8. The van der Waals surface area contributed by atoms with Gasteiger partial charge in [-0.1, -0.05) is 75.5 Å². The van der Waals surface area contributed by atoms with Crippen LogP contribution in [0.15, 0.2) is 71.9 Å². The molecule has 0 aromatic heterocycles. The number of carbonyl (C=O) groups excluding carboxylic acids is 3. The van der Waals surface area contributed by atoms with Crippen LogP contribution in [0, 0.1) is 17.8 Å². The second kappa shape index (κ2) is 35.1. The highest BCUT2D eigenvalue weighted by Crippen LogP contribution is 2.48. The summed E-state index contributed by atoms with van der Waals surface area (Å²) in [5.41, 5.74) is 0.0337. The van der Waals surface area contributed by atoms with Gasteiger partial charge in [0.1, 0.15) is 43.2 Å². The number of carbonyl (C=O) groups is 3. The molecule has 0 saturated carbocycles. The molecule has 30 heteroatoms. The molecule has 546 valence electrons. The van der Waals surface area contributed by atoms with E-state index in [9.17, 15) is 67.0 Å². The number of allylic oxidation sites excluding steroid dienone is 3. The number of esters is 2. The van der Waals surface area contributed by atoms with Gasteiger partial charge in [-0.05, 0) is 120 Å². The van der Waals surface area contributed by atoms with Gasteiger partial charge < -0.3 is 83.7 Å². The highest BCUT2D eigenvalue weighted by Gasteiger charge is 2.55. The zero-order chi connectivity index (χ0) is 70.4. The van der Waals surface area contributed by atoms with E-state index in [1.54, 1.807) is 37.3 Å². The normalized spacial score (nSPS) is 33.7. The number of rotatable bonds is 32. The third-order valence-corrected chi connectivity index (χ3v) is 19.8. The van der Waals surface area contributed by atoms with E-state index in [0.29, 0.717) is 75.0 Å². The van der Waals surface area contributed by atoms with Crippen LogP contribution >= 0.6 is 0 Å². The van der Waals surface area contributed by atoms with E-state index >= 15 is 0 Å². The molecular weight excluding hydrogens is 1300 g/mol. The Morgan fingerprint density at radius 2 is 1.60 bits per heavy atom. The molecule has 0 aromatic rings. The Labute approximate surface area is 563 Å². The minimum absolute atomic E-state index is 0.0130. The van der Waals surface area contributed by atoms with E-state index in [0.717, 1.165) is 37.7 Å². The average Bonchev–Trinajstić information content (AvgIpc) is 1.25. The molecule has 6 fully saturated rings. The van der Waals surface area contributed by atoms with Crippen LogP contribution in [-0.4, -0.2) is 221 Å². The highest BCUT2D eigenvalue weighted by molar-refractivity contribution is 7.81. The van der Waals surface area contributed by atoms with Crippen LogP contribution in [0.25, 0.3) is 0 Å². The van der Waals surface area contributed by atoms with E-state index in [1.165, 1.54) is 13.0 Å². The molecule has 1 amide bonds. The van der Waals surface area contributed by atoms with Crippen LogP contribution in [0.3, 0.4) is 0 Å². The number of aliphatic hydroxyl groups is 7. The van der Waals surface area contributed by atoms with Gasteiger partial charge in [0, 0.05) is 57.4 Å². The van der Waals surface area contributed by atoms with Gasteiger partial charge in [0.25, 0.3) is 0 Å². The largest absolute Gasteiger partial charge is 0.465 e. The summed E-state index contributed by atoms with van der Waals surface area (Å²) in [5, 5.41) is 79.1. The van der Waals surface area contributed by atoms with Crippen LogP contribution in [0.5, 0.6) is 0 Å². The van der Waals surface area contributed by atoms with Crippen molar-refractivity contribution >= 4 is 38.6 Å². The first-order valence-electron chi connectivity index (χ1n) is 33.5.